The number of halogens is 3. The summed E-state index contributed by atoms with van der Waals surface area (Å²) in [5.41, 5.74) is 0.858. The first-order chi connectivity index (χ1) is 20.3. The third kappa shape index (κ3) is 5.84. The largest absolute Gasteiger partial charge is 0.490 e. The maximum atomic E-state index is 15.5. The second-order valence-corrected chi connectivity index (χ2v) is 11.6. The summed E-state index contributed by atoms with van der Waals surface area (Å²) < 4.78 is 61.6. The number of hydrogen-bond acceptors (Lipinski definition) is 5. The van der Waals surface area contributed by atoms with Gasteiger partial charge in [0.1, 0.15) is 24.0 Å². The van der Waals surface area contributed by atoms with E-state index in [0.717, 1.165) is 12.1 Å². The molecule has 226 valence electrons. The van der Waals surface area contributed by atoms with Gasteiger partial charge < -0.3 is 23.9 Å². The highest BCUT2D eigenvalue weighted by atomic mass is 19.1. The van der Waals surface area contributed by atoms with Crippen LogP contribution in [0.5, 0.6) is 11.5 Å². The van der Waals surface area contributed by atoms with Crippen molar-refractivity contribution >= 4 is 16.7 Å². The molecule has 0 saturated carbocycles. The summed E-state index contributed by atoms with van der Waals surface area (Å²) in [4.78, 5) is 26.5. The lowest BCUT2D eigenvalue weighted by Gasteiger charge is -2.29. The molecule has 10 heteroatoms. The monoisotopic (exact) mass is 595 g/mol. The average Bonchev–Trinajstić information content (AvgIpc) is 2.95. The number of fused-ring (bicyclic) bond motifs is 2. The SMILES string of the molecule is Cc1c(-c2c([C@H](OC(C)(C)C)C(=O)O)n(C)c(=O)c3cc(OCc4ccc(F)cc4F)ccc23)cc(F)c2c1CCCO2. The number of aliphatic carboxylic acids is 1. The highest BCUT2D eigenvalue weighted by molar-refractivity contribution is 6.00. The number of benzene rings is 3. The van der Waals surface area contributed by atoms with Crippen molar-refractivity contribution in [2.75, 3.05) is 6.61 Å². The summed E-state index contributed by atoms with van der Waals surface area (Å²) in [5, 5.41) is 10.9. The predicted octanol–water partition coefficient (Wildman–Crippen LogP) is 6.78. The molecule has 4 aromatic rings. The first kappa shape index (κ1) is 30.2. The highest BCUT2D eigenvalue weighted by Gasteiger charge is 2.34. The van der Waals surface area contributed by atoms with Crippen LogP contribution in [0.4, 0.5) is 13.2 Å². The van der Waals surface area contributed by atoms with Crippen LogP contribution in [0, 0.1) is 24.4 Å². The van der Waals surface area contributed by atoms with Gasteiger partial charge in [-0.15, -0.1) is 0 Å². The minimum Gasteiger partial charge on any atom is -0.490 e. The fourth-order valence-corrected chi connectivity index (χ4v) is 5.49. The molecule has 2 heterocycles. The van der Waals surface area contributed by atoms with Gasteiger partial charge in [-0.3, -0.25) is 4.79 Å². The van der Waals surface area contributed by atoms with Crippen LogP contribution in [-0.4, -0.2) is 27.9 Å². The number of pyridine rings is 1. The first-order valence-electron chi connectivity index (χ1n) is 13.9. The van der Waals surface area contributed by atoms with E-state index in [1.807, 2.05) is 6.92 Å². The zero-order valence-electron chi connectivity index (χ0n) is 24.5. The van der Waals surface area contributed by atoms with Crippen molar-refractivity contribution < 1.29 is 37.3 Å². The Morgan fingerprint density at radius 1 is 1.07 bits per heavy atom. The quantitative estimate of drug-likeness (QED) is 0.254. The summed E-state index contributed by atoms with van der Waals surface area (Å²) in [6.07, 6.45) is -0.300. The van der Waals surface area contributed by atoms with Crippen molar-refractivity contribution in [1.29, 1.82) is 0 Å². The number of hydrogen-bond donors (Lipinski definition) is 1. The Morgan fingerprint density at radius 3 is 2.49 bits per heavy atom. The molecule has 1 aliphatic heterocycles. The van der Waals surface area contributed by atoms with Crippen molar-refractivity contribution in [3.8, 4) is 22.6 Å². The van der Waals surface area contributed by atoms with E-state index in [-0.39, 0.29) is 34.7 Å². The number of carboxylic acids is 1. The van der Waals surface area contributed by atoms with Crippen molar-refractivity contribution in [2.45, 2.75) is 58.8 Å². The van der Waals surface area contributed by atoms with E-state index < -0.39 is 40.7 Å². The molecular formula is C33H32F3NO6. The lowest BCUT2D eigenvalue weighted by Crippen LogP contribution is -2.33. The Kier molecular flexibility index (Phi) is 8.00. The van der Waals surface area contributed by atoms with Crippen LogP contribution < -0.4 is 15.0 Å². The molecule has 7 nitrogen and oxygen atoms in total. The fraction of sp³-hybridized carbons (Fsp3) is 0.333. The van der Waals surface area contributed by atoms with E-state index in [1.54, 1.807) is 32.9 Å². The predicted molar refractivity (Wildman–Crippen MR) is 155 cm³/mol. The van der Waals surface area contributed by atoms with Crippen LogP contribution in [-0.2, 0) is 29.6 Å². The third-order valence-corrected chi connectivity index (χ3v) is 7.47. The number of carbonyl (C=O) groups is 1. The van der Waals surface area contributed by atoms with Crippen molar-refractivity contribution in [3.63, 3.8) is 0 Å². The summed E-state index contributed by atoms with van der Waals surface area (Å²) in [7, 11) is 1.44. The minimum absolute atomic E-state index is 0.0566. The minimum atomic E-state index is -1.57. The molecule has 5 rings (SSSR count). The average molecular weight is 596 g/mol. The molecular weight excluding hydrogens is 563 g/mol. The Bertz CT molecular complexity index is 1810. The molecule has 0 spiro atoms. The van der Waals surface area contributed by atoms with Gasteiger partial charge in [0, 0.05) is 29.8 Å². The van der Waals surface area contributed by atoms with Gasteiger partial charge in [0.25, 0.3) is 5.56 Å². The van der Waals surface area contributed by atoms with Crippen LogP contribution in [0.25, 0.3) is 21.9 Å². The van der Waals surface area contributed by atoms with Gasteiger partial charge in [-0.1, -0.05) is 0 Å². The number of aromatic nitrogens is 1. The lowest BCUT2D eigenvalue weighted by molar-refractivity contribution is -0.161. The Balaban J connectivity index is 1.76. The molecule has 1 atom stereocenters. The van der Waals surface area contributed by atoms with E-state index in [1.165, 1.54) is 29.8 Å². The third-order valence-electron chi connectivity index (χ3n) is 7.47. The number of rotatable bonds is 7. The molecule has 0 bridgehead atoms. The Labute approximate surface area is 246 Å². The van der Waals surface area contributed by atoms with Gasteiger partial charge in [-0.25, -0.2) is 18.0 Å². The number of carboxylic acid groups (broad SMARTS) is 1. The molecule has 0 saturated heterocycles. The normalized spacial score (nSPS) is 13.9. The molecule has 0 amide bonds. The number of nitrogens with zero attached hydrogens (tertiary/aromatic N) is 1. The van der Waals surface area contributed by atoms with Crippen LogP contribution in [0.3, 0.4) is 0 Å². The highest BCUT2D eigenvalue weighted by Crippen LogP contribution is 2.43. The van der Waals surface area contributed by atoms with Crippen LogP contribution in [0.1, 0.15) is 55.7 Å². The number of ether oxygens (including phenoxy) is 3. The molecule has 1 N–H and O–H groups in total. The van der Waals surface area contributed by atoms with Crippen molar-refractivity contribution in [3.05, 3.63) is 92.7 Å². The van der Waals surface area contributed by atoms with Gasteiger partial charge in [0.2, 0.25) is 0 Å². The molecule has 0 unspecified atom stereocenters. The van der Waals surface area contributed by atoms with E-state index in [2.05, 4.69) is 0 Å². The first-order valence-corrected chi connectivity index (χ1v) is 13.9. The zero-order valence-corrected chi connectivity index (χ0v) is 24.5. The smallest absolute Gasteiger partial charge is 0.339 e. The van der Waals surface area contributed by atoms with Gasteiger partial charge in [-0.2, -0.15) is 0 Å². The molecule has 1 aromatic heterocycles. The Hall–Kier alpha value is -4.31. The van der Waals surface area contributed by atoms with Gasteiger partial charge >= 0.3 is 5.97 Å². The zero-order chi connectivity index (χ0) is 31.2. The van der Waals surface area contributed by atoms with Crippen molar-refractivity contribution in [2.24, 2.45) is 7.05 Å². The van der Waals surface area contributed by atoms with Crippen LogP contribution in [0.15, 0.2) is 47.3 Å². The standard InChI is InChI=1S/C33H32F3NO6/c1-17-21-7-6-12-41-29(21)26(36)15-23(17)27-22-11-10-20(42-16-18-8-9-19(34)13-25(18)35)14-24(22)31(38)37(5)28(27)30(32(39)40)43-33(2,3)4/h8-11,13-15,30H,6-7,12,16H2,1-5H3,(H,39,40)/t30-/m0/s1. The van der Waals surface area contributed by atoms with Gasteiger partial charge in [-0.05, 0) is 93.4 Å². The molecule has 1 aliphatic rings. The van der Waals surface area contributed by atoms with E-state index >= 15 is 4.39 Å². The molecule has 0 radical (unpaired) electrons. The maximum Gasteiger partial charge on any atom is 0.339 e. The molecule has 3 aromatic carbocycles. The summed E-state index contributed by atoms with van der Waals surface area (Å²) in [6, 6.07) is 9.08. The lowest BCUT2D eigenvalue weighted by atomic mass is 9.87. The van der Waals surface area contributed by atoms with Crippen molar-refractivity contribution in [1.82, 2.24) is 4.57 Å². The molecule has 0 aliphatic carbocycles. The Morgan fingerprint density at radius 2 is 1.81 bits per heavy atom. The summed E-state index contributed by atoms with van der Waals surface area (Å²) in [6.45, 7) is 7.10. The van der Waals surface area contributed by atoms with Gasteiger partial charge in [0.15, 0.2) is 17.7 Å². The van der Waals surface area contributed by atoms with Crippen LogP contribution in [0.2, 0.25) is 0 Å². The molecule has 0 fully saturated rings. The van der Waals surface area contributed by atoms with Gasteiger partial charge in [0.05, 0.1) is 23.3 Å². The van der Waals surface area contributed by atoms with E-state index in [4.69, 9.17) is 14.2 Å². The van der Waals surface area contributed by atoms with E-state index in [0.29, 0.717) is 47.1 Å². The maximum absolute atomic E-state index is 15.5. The molecule has 43 heavy (non-hydrogen) atoms. The van der Waals surface area contributed by atoms with E-state index in [9.17, 15) is 23.5 Å². The summed E-state index contributed by atoms with van der Waals surface area (Å²) >= 11 is 0. The van der Waals surface area contributed by atoms with Crippen LogP contribution >= 0.6 is 0 Å². The fourth-order valence-electron chi connectivity index (χ4n) is 5.49. The second kappa shape index (κ2) is 11.4. The summed E-state index contributed by atoms with van der Waals surface area (Å²) in [5.74, 6) is -2.98. The topological polar surface area (TPSA) is 87.0 Å². The second-order valence-electron chi connectivity index (χ2n) is 11.6.